The third-order valence-electron chi connectivity index (χ3n) is 1.51. The maximum atomic E-state index is 8.92. The average Bonchev–Trinajstić information content (AvgIpc) is 2.16. The van der Waals surface area contributed by atoms with Crippen LogP contribution in [0.2, 0.25) is 0 Å². The van der Waals surface area contributed by atoms with Gasteiger partial charge in [0.05, 0.1) is 6.61 Å². The Morgan fingerprint density at radius 1 is 1.62 bits per heavy atom. The van der Waals surface area contributed by atoms with Gasteiger partial charge in [-0.25, -0.2) is 0 Å². The van der Waals surface area contributed by atoms with Crippen LogP contribution in [0.4, 0.5) is 0 Å². The van der Waals surface area contributed by atoms with Crippen LogP contribution in [0, 0.1) is 18.3 Å². The van der Waals surface area contributed by atoms with Gasteiger partial charge >= 0.3 is 0 Å². The molecule has 0 amide bonds. The Morgan fingerprint density at radius 3 is 3.00 bits per heavy atom. The van der Waals surface area contributed by atoms with Crippen LogP contribution in [0.25, 0.3) is 0 Å². The molecule has 4 nitrogen and oxygen atoms in total. The van der Waals surface area contributed by atoms with Crippen molar-refractivity contribution in [2.45, 2.75) is 13.5 Å². The summed E-state index contributed by atoms with van der Waals surface area (Å²) in [5.74, 6) is 0.467. The van der Waals surface area contributed by atoms with Gasteiger partial charge in [0.25, 0.3) is 0 Å². The summed E-state index contributed by atoms with van der Waals surface area (Å²) in [6, 6.07) is 5.32. The van der Waals surface area contributed by atoms with E-state index < -0.39 is 0 Å². The molecule has 68 valence electrons. The van der Waals surface area contributed by atoms with E-state index in [4.69, 9.17) is 15.1 Å². The van der Waals surface area contributed by atoms with E-state index in [1.54, 1.807) is 12.1 Å². The van der Waals surface area contributed by atoms with Crippen LogP contribution in [-0.4, -0.2) is 16.7 Å². The topological polar surface area (TPSA) is 66.1 Å². The van der Waals surface area contributed by atoms with Gasteiger partial charge in [-0.1, -0.05) is 0 Å². The van der Waals surface area contributed by atoms with E-state index in [0.717, 1.165) is 5.69 Å². The lowest BCUT2D eigenvalue weighted by atomic mass is 10.3. The van der Waals surface area contributed by atoms with Gasteiger partial charge in [0, 0.05) is 5.69 Å². The fraction of sp³-hybridized carbons (Fsp3) is 0.333. The molecule has 0 aliphatic heterocycles. The molecule has 0 aliphatic rings. The molecule has 1 aromatic heterocycles. The monoisotopic (exact) mass is 178 g/mol. The standard InChI is InChI=1S/C9H10N2O2/c1-7-2-3-9(13-5-4-10)8(6-12)11-7/h2-3,12H,5-6H2,1H3. The van der Waals surface area contributed by atoms with Crippen molar-refractivity contribution in [2.75, 3.05) is 6.61 Å². The molecule has 1 N–H and O–H groups in total. The Kier molecular flexibility index (Phi) is 3.23. The van der Waals surface area contributed by atoms with E-state index in [0.29, 0.717) is 11.4 Å². The van der Waals surface area contributed by atoms with Crippen molar-refractivity contribution in [3.63, 3.8) is 0 Å². The minimum absolute atomic E-state index is 0.0300. The molecule has 0 aromatic carbocycles. The van der Waals surface area contributed by atoms with Gasteiger partial charge in [0.1, 0.15) is 17.5 Å². The van der Waals surface area contributed by atoms with Crippen LogP contribution >= 0.6 is 0 Å². The molecule has 0 fully saturated rings. The molecule has 0 saturated heterocycles. The molecular weight excluding hydrogens is 168 g/mol. The molecule has 1 heterocycles. The first kappa shape index (κ1) is 9.49. The molecular formula is C9H10N2O2. The molecule has 0 bridgehead atoms. The second-order valence-electron chi connectivity index (χ2n) is 2.50. The lowest BCUT2D eigenvalue weighted by molar-refractivity contribution is 0.264. The Labute approximate surface area is 76.4 Å². The van der Waals surface area contributed by atoms with Crippen LogP contribution in [0.3, 0.4) is 0 Å². The van der Waals surface area contributed by atoms with Crippen LogP contribution in [0.15, 0.2) is 12.1 Å². The zero-order valence-electron chi connectivity index (χ0n) is 7.32. The van der Waals surface area contributed by atoms with E-state index in [2.05, 4.69) is 4.98 Å². The number of aliphatic hydroxyl groups is 1. The second-order valence-corrected chi connectivity index (χ2v) is 2.50. The van der Waals surface area contributed by atoms with Crippen molar-refractivity contribution < 1.29 is 9.84 Å². The highest BCUT2D eigenvalue weighted by Crippen LogP contribution is 2.16. The maximum Gasteiger partial charge on any atom is 0.174 e. The number of aliphatic hydroxyl groups excluding tert-OH is 1. The van der Waals surface area contributed by atoms with Gasteiger partial charge < -0.3 is 9.84 Å². The summed E-state index contributed by atoms with van der Waals surface area (Å²) in [7, 11) is 0. The fourth-order valence-electron chi connectivity index (χ4n) is 0.952. The molecule has 0 atom stereocenters. The van der Waals surface area contributed by atoms with Gasteiger partial charge in [0.15, 0.2) is 6.61 Å². The molecule has 1 aromatic rings. The summed E-state index contributed by atoms with van der Waals surface area (Å²) >= 11 is 0. The Hall–Kier alpha value is -1.60. The Morgan fingerprint density at radius 2 is 2.38 bits per heavy atom. The van der Waals surface area contributed by atoms with Crippen LogP contribution in [0.5, 0.6) is 5.75 Å². The minimum atomic E-state index is -0.178. The van der Waals surface area contributed by atoms with E-state index in [1.165, 1.54) is 0 Å². The van der Waals surface area contributed by atoms with Crippen LogP contribution in [-0.2, 0) is 6.61 Å². The van der Waals surface area contributed by atoms with E-state index in [-0.39, 0.29) is 13.2 Å². The molecule has 0 radical (unpaired) electrons. The zero-order valence-corrected chi connectivity index (χ0v) is 7.32. The summed E-state index contributed by atoms with van der Waals surface area (Å²) in [6.45, 7) is 1.62. The smallest absolute Gasteiger partial charge is 0.174 e. The highest BCUT2D eigenvalue weighted by molar-refractivity contribution is 5.28. The number of aromatic nitrogens is 1. The number of pyridine rings is 1. The predicted octanol–water partition coefficient (Wildman–Crippen LogP) is 0.785. The summed E-state index contributed by atoms with van der Waals surface area (Å²) < 4.78 is 5.05. The fourth-order valence-corrected chi connectivity index (χ4v) is 0.952. The lowest BCUT2D eigenvalue weighted by Gasteiger charge is -2.06. The van der Waals surface area contributed by atoms with E-state index >= 15 is 0 Å². The first-order chi connectivity index (χ1) is 6.27. The van der Waals surface area contributed by atoms with Crippen molar-refractivity contribution in [1.82, 2.24) is 4.98 Å². The molecule has 0 aliphatic carbocycles. The number of nitriles is 1. The number of ether oxygens (including phenoxy) is 1. The number of nitrogens with zero attached hydrogens (tertiary/aromatic N) is 2. The molecule has 0 unspecified atom stereocenters. The summed E-state index contributed by atoms with van der Waals surface area (Å²) in [5, 5.41) is 17.2. The third-order valence-corrected chi connectivity index (χ3v) is 1.51. The summed E-state index contributed by atoms with van der Waals surface area (Å²) in [5.41, 5.74) is 1.28. The van der Waals surface area contributed by atoms with E-state index in [9.17, 15) is 0 Å². The molecule has 0 saturated carbocycles. The third kappa shape index (κ3) is 2.42. The van der Waals surface area contributed by atoms with Crippen LogP contribution < -0.4 is 4.74 Å². The molecule has 1 rings (SSSR count). The largest absolute Gasteiger partial charge is 0.477 e. The first-order valence-electron chi connectivity index (χ1n) is 3.85. The number of aryl methyl sites for hydroxylation is 1. The van der Waals surface area contributed by atoms with Gasteiger partial charge in [0.2, 0.25) is 0 Å². The van der Waals surface area contributed by atoms with Gasteiger partial charge in [-0.3, -0.25) is 4.98 Å². The quantitative estimate of drug-likeness (QED) is 0.742. The van der Waals surface area contributed by atoms with Crippen molar-refractivity contribution in [1.29, 1.82) is 5.26 Å². The molecule has 4 heteroatoms. The summed E-state index contributed by atoms with van der Waals surface area (Å²) in [6.07, 6.45) is 0. The maximum absolute atomic E-state index is 8.92. The Bertz CT molecular complexity index is 331. The van der Waals surface area contributed by atoms with Crippen molar-refractivity contribution in [3.05, 3.63) is 23.5 Å². The zero-order chi connectivity index (χ0) is 9.68. The highest BCUT2D eigenvalue weighted by Gasteiger charge is 2.03. The van der Waals surface area contributed by atoms with Gasteiger partial charge in [-0.2, -0.15) is 5.26 Å². The molecule has 13 heavy (non-hydrogen) atoms. The molecule has 0 spiro atoms. The lowest BCUT2D eigenvalue weighted by Crippen LogP contribution is -2.00. The predicted molar refractivity (Wildman–Crippen MR) is 46.0 cm³/mol. The van der Waals surface area contributed by atoms with Crippen molar-refractivity contribution in [2.24, 2.45) is 0 Å². The van der Waals surface area contributed by atoms with Gasteiger partial charge in [-0.05, 0) is 19.1 Å². The van der Waals surface area contributed by atoms with Crippen LogP contribution in [0.1, 0.15) is 11.4 Å². The van der Waals surface area contributed by atoms with Crippen molar-refractivity contribution in [3.8, 4) is 11.8 Å². The summed E-state index contributed by atoms with van der Waals surface area (Å²) in [4.78, 5) is 4.06. The Balaban J connectivity index is 2.87. The minimum Gasteiger partial charge on any atom is -0.477 e. The average molecular weight is 178 g/mol. The van der Waals surface area contributed by atoms with Crippen molar-refractivity contribution >= 4 is 0 Å². The van der Waals surface area contributed by atoms with Gasteiger partial charge in [-0.15, -0.1) is 0 Å². The first-order valence-corrected chi connectivity index (χ1v) is 3.85. The number of hydrogen-bond donors (Lipinski definition) is 1. The highest BCUT2D eigenvalue weighted by atomic mass is 16.5. The SMILES string of the molecule is Cc1ccc(OCC#N)c(CO)n1. The van der Waals surface area contributed by atoms with E-state index in [1.807, 2.05) is 13.0 Å². The number of rotatable bonds is 3. The number of hydrogen-bond acceptors (Lipinski definition) is 4. The second kappa shape index (κ2) is 4.43. The normalized spacial score (nSPS) is 9.31.